The molecule has 0 aliphatic heterocycles. The number of aromatic nitrogens is 1. The van der Waals surface area contributed by atoms with Crippen LogP contribution in [0.25, 0.3) is 0 Å². The molecule has 3 nitrogen and oxygen atoms in total. The molecule has 0 saturated carbocycles. The molecule has 96 valence electrons. The van der Waals surface area contributed by atoms with E-state index in [1.807, 2.05) is 18.2 Å². The van der Waals surface area contributed by atoms with Crippen LogP contribution in [0.4, 0.5) is 0 Å². The van der Waals surface area contributed by atoms with Gasteiger partial charge in [0.15, 0.2) is 0 Å². The molecule has 0 radical (unpaired) electrons. The van der Waals surface area contributed by atoms with E-state index in [2.05, 4.69) is 27.0 Å². The number of hydrogen-bond donors (Lipinski definition) is 0. The lowest BCUT2D eigenvalue weighted by Crippen LogP contribution is -1.91. The Morgan fingerprint density at radius 2 is 2.21 bits per heavy atom. The van der Waals surface area contributed by atoms with Crippen molar-refractivity contribution in [1.29, 1.82) is 5.26 Å². The van der Waals surface area contributed by atoms with E-state index in [0.717, 1.165) is 26.6 Å². The maximum atomic E-state index is 8.85. The minimum absolute atomic E-state index is 0.624. The Balaban J connectivity index is 2.14. The van der Waals surface area contributed by atoms with E-state index in [1.165, 1.54) is 0 Å². The molecule has 0 saturated heterocycles. The van der Waals surface area contributed by atoms with Gasteiger partial charge < -0.3 is 4.74 Å². The van der Waals surface area contributed by atoms with Crippen LogP contribution >= 0.6 is 27.7 Å². The molecule has 0 atom stereocenters. The van der Waals surface area contributed by atoms with Gasteiger partial charge in [-0.2, -0.15) is 5.26 Å². The van der Waals surface area contributed by atoms with Crippen molar-refractivity contribution >= 4 is 27.7 Å². The maximum absolute atomic E-state index is 8.85. The molecule has 2 aromatic rings. The molecule has 0 bridgehead atoms. The van der Waals surface area contributed by atoms with Gasteiger partial charge in [0.05, 0.1) is 23.8 Å². The van der Waals surface area contributed by atoms with Gasteiger partial charge in [-0.25, -0.2) is 4.98 Å². The van der Waals surface area contributed by atoms with E-state index in [1.54, 1.807) is 37.2 Å². The van der Waals surface area contributed by atoms with Gasteiger partial charge in [-0.3, -0.25) is 0 Å². The molecular formula is C14H11BrN2OS. The maximum Gasteiger partial charge on any atom is 0.122 e. The zero-order valence-corrected chi connectivity index (χ0v) is 12.7. The summed E-state index contributed by atoms with van der Waals surface area (Å²) >= 11 is 5.03. The number of nitriles is 1. The van der Waals surface area contributed by atoms with Gasteiger partial charge >= 0.3 is 0 Å². The van der Waals surface area contributed by atoms with E-state index < -0.39 is 0 Å². The van der Waals surface area contributed by atoms with Crippen LogP contribution in [0.3, 0.4) is 0 Å². The van der Waals surface area contributed by atoms with E-state index in [9.17, 15) is 0 Å². The van der Waals surface area contributed by atoms with Crippen molar-refractivity contribution in [2.24, 2.45) is 0 Å². The number of methoxy groups -OCH3 is 1. The first kappa shape index (κ1) is 13.9. The zero-order chi connectivity index (χ0) is 13.7. The smallest absolute Gasteiger partial charge is 0.122 e. The first-order valence-electron chi connectivity index (χ1n) is 5.54. The molecule has 0 N–H and O–H groups in total. The summed E-state index contributed by atoms with van der Waals surface area (Å²) in [5.74, 6) is 1.59. The highest BCUT2D eigenvalue weighted by Crippen LogP contribution is 2.29. The third-order valence-electron chi connectivity index (χ3n) is 2.48. The molecule has 0 aliphatic carbocycles. The minimum atomic E-state index is 0.624. The van der Waals surface area contributed by atoms with E-state index >= 15 is 0 Å². The monoisotopic (exact) mass is 334 g/mol. The first-order chi connectivity index (χ1) is 9.22. The van der Waals surface area contributed by atoms with E-state index in [4.69, 9.17) is 10.00 Å². The average Bonchev–Trinajstić information content (AvgIpc) is 2.45. The summed E-state index contributed by atoms with van der Waals surface area (Å²) in [6.07, 6.45) is 1.65. The van der Waals surface area contributed by atoms with Crippen LogP contribution in [-0.4, -0.2) is 12.1 Å². The second kappa shape index (κ2) is 6.60. The molecule has 0 spiro atoms. The molecule has 0 aliphatic rings. The number of hydrogen-bond acceptors (Lipinski definition) is 4. The van der Waals surface area contributed by atoms with Crippen molar-refractivity contribution < 1.29 is 4.74 Å². The molecular weight excluding hydrogens is 324 g/mol. The summed E-state index contributed by atoms with van der Waals surface area (Å²) in [5, 5.41) is 9.69. The Morgan fingerprint density at radius 1 is 1.37 bits per heavy atom. The fourth-order valence-electron chi connectivity index (χ4n) is 1.57. The van der Waals surface area contributed by atoms with Crippen molar-refractivity contribution in [3.63, 3.8) is 0 Å². The van der Waals surface area contributed by atoms with Crippen LogP contribution in [0, 0.1) is 11.3 Å². The number of pyridine rings is 1. The van der Waals surface area contributed by atoms with Gasteiger partial charge in [-0.05, 0) is 30.3 Å². The van der Waals surface area contributed by atoms with Gasteiger partial charge in [-0.1, -0.05) is 15.9 Å². The van der Waals surface area contributed by atoms with Crippen LogP contribution < -0.4 is 4.74 Å². The van der Waals surface area contributed by atoms with E-state index in [0.29, 0.717) is 5.56 Å². The molecule has 1 aromatic carbocycles. The summed E-state index contributed by atoms with van der Waals surface area (Å²) in [6, 6.07) is 11.5. The number of nitrogens with zero attached hydrogens (tertiary/aromatic N) is 2. The summed E-state index contributed by atoms with van der Waals surface area (Å²) < 4.78 is 6.34. The number of rotatable bonds is 4. The molecule has 1 aromatic heterocycles. The highest BCUT2D eigenvalue weighted by atomic mass is 79.9. The lowest BCUT2D eigenvalue weighted by atomic mass is 10.2. The fourth-order valence-corrected chi connectivity index (χ4v) is 2.85. The predicted molar refractivity (Wildman–Crippen MR) is 79.2 cm³/mol. The highest BCUT2D eigenvalue weighted by molar-refractivity contribution is 9.10. The van der Waals surface area contributed by atoms with Gasteiger partial charge in [0.2, 0.25) is 0 Å². The number of benzene rings is 1. The number of halogens is 1. The first-order valence-corrected chi connectivity index (χ1v) is 7.32. The fraction of sp³-hybridized carbons (Fsp3) is 0.143. The predicted octanol–water partition coefficient (Wildman–Crippen LogP) is 4.02. The van der Waals surface area contributed by atoms with Crippen LogP contribution in [0.1, 0.15) is 11.1 Å². The molecule has 2 rings (SSSR count). The van der Waals surface area contributed by atoms with Gasteiger partial charge in [0, 0.05) is 22.0 Å². The molecule has 19 heavy (non-hydrogen) atoms. The Bertz CT molecular complexity index is 625. The highest BCUT2D eigenvalue weighted by Gasteiger charge is 2.05. The van der Waals surface area contributed by atoms with Crippen LogP contribution in [-0.2, 0) is 5.75 Å². The molecule has 0 amide bonds. The standard InChI is InChI=1S/C14H11BrN2OS/c1-18-13-3-2-12(15)7-11(13)9-19-14-6-10(8-16)4-5-17-14/h2-7H,9H2,1H3. The normalized spacial score (nSPS) is 9.95. The van der Waals surface area contributed by atoms with Crippen molar-refractivity contribution in [2.45, 2.75) is 10.8 Å². The Morgan fingerprint density at radius 3 is 2.95 bits per heavy atom. The second-order valence-electron chi connectivity index (χ2n) is 3.74. The Labute approximate surface area is 124 Å². The third-order valence-corrected chi connectivity index (χ3v) is 3.95. The van der Waals surface area contributed by atoms with Gasteiger partial charge in [0.25, 0.3) is 0 Å². The van der Waals surface area contributed by atoms with Crippen molar-refractivity contribution in [3.8, 4) is 11.8 Å². The summed E-state index contributed by atoms with van der Waals surface area (Å²) in [5.41, 5.74) is 1.71. The van der Waals surface area contributed by atoms with Crippen LogP contribution in [0.2, 0.25) is 0 Å². The molecule has 5 heteroatoms. The lowest BCUT2D eigenvalue weighted by Gasteiger charge is -2.08. The summed E-state index contributed by atoms with van der Waals surface area (Å²) in [6.45, 7) is 0. The van der Waals surface area contributed by atoms with E-state index in [-0.39, 0.29) is 0 Å². The average molecular weight is 335 g/mol. The molecule has 1 heterocycles. The second-order valence-corrected chi connectivity index (χ2v) is 5.65. The number of ether oxygens (including phenoxy) is 1. The SMILES string of the molecule is COc1ccc(Br)cc1CSc1cc(C#N)ccn1. The number of thioether (sulfide) groups is 1. The zero-order valence-electron chi connectivity index (χ0n) is 10.3. The topological polar surface area (TPSA) is 45.9 Å². The van der Waals surface area contributed by atoms with Crippen molar-refractivity contribution in [2.75, 3.05) is 7.11 Å². The third kappa shape index (κ3) is 3.72. The summed E-state index contributed by atoms with van der Waals surface area (Å²) in [7, 11) is 1.66. The van der Waals surface area contributed by atoms with Gasteiger partial charge in [-0.15, -0.1) is 11.8 Å². The summed E-state index contributed by atoms with van der Waals surface area (Å²) in [4.78, 5) is 4.24. The molecule has 0 unspecified atom stereocenters. The van der Waals surface area contributed by atoms with Crippen LogP contribution in [0.15, 0.2) is 46.0 Å². The van der Waals surface area contributed by atoms with Crippen molar-refractivity contribution in [3.05, 3.63) is 52.1 Å². The Kier molecular flexibility index (Phi) is 4.83. The largest absolute Gasteiger partial charge is 0.496 e. The molecule has 0 fully saturated rings. The quantitative estimate of drug-likeness (QED) is 0.792. The lowest BCUT2D eigenvalue weighted by molar-refractivity contribution is 0.411. The Hall–Kier alpha value is -1.51. The minimum Gasteiger partial charge on any atom is -0.496 e. The van der Waals surface area contributed by atoms with Crippen LogP contribution in [0.5, 0.6) is 5.75 Å². The van der Waals surface area contributed by atoms with Crippen molar-refractivity contribution in [1.82, 2.24) is 4.98 Å². The van der Waals surface area contributed by atoms with Gasteiger partial charge in [0.1, 0.15) is 5.75 Å².